The molecule has 2 N–H and O–H groups in total. The van der Waals surface area contributed by atoms with E-state index in [0.29, 0.717) is 16.9 Å². The van der Waals surface area contributed by atoms with E-state index >= 15 is 0 Å². The zero-order valence-corrected chi connectivity index (χ0v) is 17.1. The average Bonchev–Trinajstić information content (AvgIpc) is 3.34. The van der Waals surface area contributed by atoms with E-state index < -0.39 is 11.6 Å². The van der Waals surface area contributed by atoms with E-state index in [2.05, 4.69) is 20.7 Å². The summed E-state index contributed by atoms with van der Waals surface area (Å²) in [5.74, 6) is -1.53. The van der Waals surface area contributed by atoms with Gasteiger partial charge >= 0.3 is 0 Å². The third-order valence-corrected chi connectivity index (χ3v) is 5.82. The van der Waals surface area contributed by atoms with E-state index in [1.807, 2.05) is 0 Å². The SMILES string of the molecule is O=C(NC1CCCC1)c1ccc2c(c1)-n1ncc(Cl)c1N=C(c1c(F)cccc1F)N2. The maximum atomic E-state index is 14.4. The molecule has 2 aromatic carbocycles. The molecule has 1 amide bonds. The first-order chi connectivity index (χ1) is 15.0. The fraction of sp³-hybridized carbons (Fsp3) is 0.227. The first kappa shape index (κ1) is 19.7. The Morgan fingerprint density at radius 3 is 2.65 bits per heavy atom. The fourth-order valence-electron chi connectivity index (χ4n) is 4.00. The third kappa shape index (κ3) is 3.57. The van der Waals surface area contributed by atoms with Gasteiger partial charge in [0.05, 0.1) is 23.1 Å². The van der Waals surface area contributed by atoms with Crippen molar-refractivity contribution in [2.24, 2.45) is 4.99 Å². The lowest BCUT2D eigenvalue weighted by molar-refractivity contribution is 0.0938. The molecule has 0 bridgehead atoms. The van der Waals surface area contributed by atoms with Gasteiger partial charge in [0.1, 0.15) is 22.5 Å². The molecule has 0 saturated heterocycles. The number of aliphatic imine (C=N–C) groups is 1. The molecule has 1 aromatic heterocycles. The summed E-state index contributed by atoms with van der Waals surface area (Å²) >= 11 is 6.26. The van der Waals surface area contributed by atoms with Crippen LogP contribution in [0.4, 0.5) is 20.3 Å². The number of hydrogen-bond acceptors (Lipinski definition) is 4. The second kappa shape index (κ2) is 7.77. The Balaban J connectivity index is 1.58. The van der Waals surface area contributed by atoms with Gasteiger partial charge in [-0.1, -0.05) is 30.5 Å². The second-order valence-corrected chi connectivity index (χ2v) is 8.00. The Labute approximate surface area is 181 Å². The Morgan fingerprint density at radius 2 is 1.90 bits per heavy atom. The molecule has 6 nitrogen and oxygen atoms in total. The number of anilines is 1. The van der Waals surface area contributed by atoms with Gasteiger partial charge in [-0.05, 0) is 43.2 Å². The minimum Gasteiger partial charge on any atom is -0.349 e. The minimum atomic E-state index is -0.760. The smallest absolute Gasteiger partial charge is 0.251 e. The van der Waals surface area contributed by atoms with Crippen LogP contribution in [0.5, 0.6) is 0 Å². The number of nitrogens with zero attached hydrogens (tertiary/aromatic N) is 3. The van der Waals surface area contributed by atoms with E-state index in [1.165, 1.54) is 16.9 Å². The predicted molar refractivity (Wildman–Crippen MR) is 114 cm³/mol. The number of aromatic nitrogens is 2. The van der Waals surface area contributed by atoms with Crippen molar-refractivity contribution in [3.05, 3.63) is 70.4 Å². The van der Waals surface area contributed by atoms with Crippen molar-refractivity contribution >= 4 is 34.8 Å². The summed E-state index contributed by atoms with van der Waals surface area (Å²) < 4.78 is 30.3. The monoisotopic (exact) mass is 441 g/mol. The van der Waals surface area contributed by atoms with Crippen molar-refractivity contribution in [1.29, 1.82) is 0 Å². The number of benzene rings is 2. The Hall–Kier alpha value is -3.26. The number of amides is 1. The number of fused-ring (bicyclic) bond motifs is 3. The number of carbonyl (C=O) groups is 1. The van der Waals surface area contributed by atoms with Crippen molar-refractivity contribution in [3.63, 3.8) is 0 Å². The molecule has 0 atom stereocenters. The van der Waals surface area contributed by atoms with Crippen LogP contribution in [0.3, 0.4) is 0 Å². The van der Waals surface area contributed by atoms with Crippen LogP contribution in [0.1, 0.15) is 41.6 Å². The number of rotatable bonds is 3. The molecule has 1 aliphatic heterocycles. The first-order valence-corrected chi connectivity index (χ1v) is 10.4. The Morgan fingerprint density at radius 1 is 1.16 bits per heavy atom. The summed E-state index contributed by atoms with van der Waals surface area (Å²) in [7, 11) is 0. The van der Waals surface area contributed by atoms with E-state index in [-0.39, 0.29) is 34.2 Å². The van der Waals surface area contributed by atoms with E-state index in [9.17, 15) is 13.6 Å². The molecule has 1 fully saturated rings. The molecule has 9 heteroatoms. The van der Waals surface area contributed by atoms with Crippen LogP contribution >= 0.6 is 11.6 Å². The lowest BCUT2D eigenvalue weighted by atomic mass is 10.1. The van der Waals surface area contributed by atoms with Gasteiger partial charge in [-0.15, -0.1) is 0 Å². The number of hydrogen-bond donors (Lipinski definition) is 2. The van der Waals surface area contributed by atoms with Crippen LogP contribution < -0.4 is 10.6 Å². The summed E-state index contributed by atoms with van der Waals surface area (Å²) in [5, 5.41) is 10.5. The first-order valence-electron chi connectivity index (χ1n) is 10.00. The Bertz CT molecular complexity index is 1200. The highest BCUT2D eigenvalue weighted by Crippen LogP contribution is 2.35. The predicted octanol–water partition coefficient (Wildman–Crippen LogP) is 4.98. The molecule has 158 valence electrons. The van der Waals surface area contributed by atoms with Gasteiger partial charge in [-0.3, -0.25) is 4.79 Å². The van der Waals surface area contributed by atoms with Crippen molar-refractivity contribution in [2.75, 3.05) is 5.32 Å². The molecule has 0 spiro atoms. The largest absolute Gasteiger partial charge is 0.349 e. The Kier molecular flexibility index (Phi) is 4.94. The van der Waals surface area contributed by atoms with Gasteiger partial charge in [-0.25, -0.2) is 18.5 Å². The zero-order valence-electron chi connectivity index (χ0n) is 16.3. The normalized spacial score (nSPS) is 15.5. The van der Waals surface area contributed by atoms with Crippen molar-refractivity contribution in [3.8, 4) is 5.69 Å². The number of amidine groups is 1. The molecule has 0 radical (unpaired) electrons. The highest BCUT2D eigenvalue weighted by molar-refractivity contribution is 6.33. The molecular formula is C22H18ClF2N5O. The molecule has 1 saturated carbocycles. The van der Waals surface area contributed by atoms with Gasteiger partial charge < -0.3 is 10.6 Å². The molecule has 2 heterocycles. The molecule has 5 rings (SSSR count). The molecular weight excluding hydrogens is 424 g/mol. The maximum Gasteiger partial charge on any atom is 0.251 e. The van der Waals surface area contributed by atoms with Gasteiger partial charge in [0, 0.05) is 11.6 Å². The number of halogens is 3. The van der Waals surface area contributed by atoms with Crippen LogP contribution in [0, 0.1) is 11.6 Å². The molecule has 31 heavy (non-hydrogen) atoms. The van der Waals surface area contributed by atoms with E-state index in [1.54, 1.807) is 18.2 Å². The van der Waals surface area contributed by atoms with Gasteiger partial charge in [0.2, 0.25) is 0 Å². The van der Waals surface area contributed by atoms with E-state index in [4.69, 9.17) is 11.6 Å². The summed E-state index contributed by atoms with van der Waals surface area (Å²) in [6.45, 7) is 0. The van der Waals surface area contributed by atoms with Crippen molar-refractivity contribution in [1.82, 2.24) is 15.1 Å². The second-order valence-electron chi connectivity index (χ2n) is 7.60. The summed E-state index contributed by atoms with van der Waals surface area (Å²) in [6, 6.07) is 8.76. The molecule has 2 aliphatic rings. The van der Waals surface area contributed by atoms with Crippen LogP contribution in [0.2, 0.25) is 5.02 Å². The highest BCUT2D eigenvalue weighted by atomic mass is 35.5. The molecule has 3 aromatic rings. The third-order valence-electron chi connectivity index (χ3n) is 5.55. The standard InChI is InChI=1S/C22H18ClF2N5O/c23-14-11-26-30-18-10-12(22(31)27-13-4-1-2-5-13)8-9-17(18)28-20(29-21(14)30)19-15(24)6-3-7-16(19)25/h3,6-11,13H,1-2,4-5H2,(H,27,31)(H,28,29). The summed E-state index contributed by atoms with van der Waals surface area (Å²) in [4.78, 5) is 17.1. The topological polar surface area (TPSA) is 71.3 Å². The average molecular weight is 442 g/mol. The summed E-state index contributed by atoms with van der Waals surface area (Å²) in [6.07, 6.45) is 5.57. The molecule has 1 aliphatic carbocycles. The lowest BCUT2D eigenvalue weighted by Crippen LogP contribution is -2.32. The van der Waals surface area contributed by atoms with Gasteiger partial charge in [0.25, 0.3) is 5.91 Å². The van der Waals surface area contributed by atoms with Gasteiger partial charge in [0.15, 0.2) is 5.82 Å². The maximum absolute atomic E-state index is 14.4. The van der Waals surface area contributed by atoms with Crippen LogP contribution in [-0.2, 0) is 0 Å². The summed E-state index contributed by atoms with van der Waals surface area (Å²) in [5.41, 5.74) is 1.13. The zero-order chi connectivity index (χ0) is 21.5. The van der Waals surface area contributed by atoms with E-state index in [0.717, 1.165) is 37.8 Å². The van der Waals surface area contributed by atoms with Crippen LogP contribution in [-0.4, -0.2) is 27.6 Å². The van der Waals surface area contributed by atoms with Crippen LogP contribution in [0.25, 0.3) is 5.69 Å². The van der Waals surface area contributed by atoms with Gasteiger partial charge in [-0.2, -0.15) is 5.10 Å². The number of nitrogens with one attached hydrogen (secondary N) is 2. The van der Waals surface area contributed by atoms with Crippen molar-refractivity contribution in [2.45, 2.75) is 31.7 Å². The quantitative estimate of drug-likeness (QED) is 0.602. The highest BCUT2D eigenvalue weighted by Gasteiger charge is 2.25. The van der Waals surface area contributed by atoms with Crippen molar-refractivity contribution < 1.29 is 13.6 Å². The van der Waals surface area contributed by atoms with Crippen LogP contribution in [0.15, 0.2) is 47.6 Å². The number of carbonyl (C=O) groups excluding carboxylic acids is 1. The lowest BCUT2D eigenvalue weighted by Gasteiger charge is -2.15. The fourth-order valence-corrected chi connectivity index (χ4v) is 4.16. The minimum absolute atomic E-state index is 0.0406. The molecule has 0 unspecified atom stereocenters.